The molecule has 1 N–H and O–H groups in total. The third-order valence-corrected chi connectivity index (χ3v) is 3.27. The van der Waals surface area contributed by atoms with Crippen LogP contribution in [-0.2, 0) is 4.79 Å². The van der Waals surface area contributed by atoms with E-state index in [0.29, 0.717) is 17.9 Å². The van der Waals surface area contributed by atoms with Gasteiger partial charge in [0.2, 0.25) is 11.7 Å². The molecule has 0 saturated carbocycles. The van der Waals surface area contributed by atoms with Gasteiger partial charge in [-0.15, -0.1) is 6.58 Å². The van der Waals surface area contributed by atoms with Gasteiger partial charge in [-0.25, -0.2) is 0 Å². The van der Waals surface area contributed by atoms with Crippen LogP contribution in [0.1, 0.15) is 0 Å². The molecule has 2 aromatic carbocycles. The number of nitro benzene ring substituents is 1. The number of hydrogen-bond acceptors (Lipinski definition) is 4. The predicted molar refractivity (Wildman–Crippen MR) is 90.5 cm³/mol. The minimum absolute atomic E-state index is 0.0917. The van der Waals surface area contributed by atoms with Gasteiger partial charge in [-0.05, 0) is 24.3 Å². The lowest BCUT2D eigenvalue weighted by molar-refractivity contribution is -0.387. The Hall–Kier alpha value is -3.22. The van der Waals surface area contributed by atoms with E-state index in [1.54, 1.807) is 18.2 Å². The molecule has 0 aliphatic heterocycles. The first-order chi connectivity index (χ1) is 11.5. The second-order valence-electron chi connectivity index (χ2n) is 4.91. The fourth-order valence-electron chi connectivity index (χ4n) is 2.12. The summed E-state index contributed by atoms with van der Waals surface area (Å²) in [5.74, 6) is -1.16. The summed E-state index contributed by atoms with van der Waals surface area (Å²) in [4.78, 5) is 23.9. The van der Waals surface area contributed by atoms with Crippen molar-refractivity contribution in [3.8, 4) is 0 Å². The van der Waals surface area contributed by atoms with Gasteiger partial charge >= 0.3 is 5.69 Å². The van der Waals surface area contributed by atoms with E-state index in [0.717, 1.165) is 12.1 Å². The molecule has 0 heterocycles. The van der Waals surface area contributed by atoms with E-state index in [1.165, 1.54) is 11.0 Å². The average molecular weight is 329 g/mol. The van der Waals surface area contributed by atoms with Crippen LogP contribution in [0, 0.1) is 15.9 Å². The average Bonchev–Trinajstić information content (AvgIpc) is 2.59. The highest BCUT2D eigenvalue weighted by Crippen LogP contribution is 2.21. The zero-order chi connectivity index (χ0) is 17.5. The fourth-order valence-corrected chi connectivity index (χ4v) is 2.12. The van der Waals surface area contributed by atoms with E-state index in [9.17, 15) is 19.3 Å². The van der Waals surface area contributed by atoms with Crippen LogP contribution in [0.15, 0.2) is 61.2 Å². The molecule has 0 spiro atoms. The lowest BCUT2D eigenvalue weighted by Gasteiger charge is -2.21. The number of nitrogens with one attached hydrogen (secondary N) is 1. The summed E-state index contributed by atoms with van der Waals surface area (Å²) in [5, 5.41) is 13.5. The molecule has 6 nitrogen and oxygen atoms in total. The molecule has 0 bridgehead atoms. The number of rotatable bonds is 7. The first kappa shape index (κ1) is 17.1. The van der Waals surface area contributed by atoms with Crippen molar-refractivity contribution in [1.29, 1.82) is 0 Å². The number of nitro groups is 1. The molecule has 0 aromatic heterocycles. The van der Waals surface area contributed by atoms with Gasteiger partial charge in [0.15, 0.2) is 0 Å². The van der Waals surface area contributed by atoms with Gasteiger partial charge in [0.05, 0.1) is 11.5 Å². The minimum atomic E-state index is -0.922. The third-order valence-electron chi connectivity index (χ3n) is 3.27. The molecular formula is C17H16FN3O3. The fraction of sp³-hybridized carbons (Fsp3) is 0.118. The van der Waals surface area contributed by atoms with Crippen molar-refractivity contribution in [1.82, 2.24) is 0 Å². The smallest absolute Gasteiger partial charge is 0.306 e. The Kier molecular flexibility index (Phi) is 5.62. The quantitative estimate of drug-likeness (QED) is 0.480. The van der Waals surface area contributed by atoms with Crippen molar-refractivity contribution in [2.45, 2.75) is 0 Å². The maximum absolute atomic E-state index is 13.3. The lowest BCUT2D eigenvalue weighted by atomic mass is 10.2. The summed E-state index contributed by atoms with van der Waals surface area (Å²) in [7, 11) is 0. The van der Waals surface area contributed by atoms with Gasteiger partial charge < -0.3 is 10.2 Å². The lowest BCUT2D eigenvalue weighted by Crippen LogP contribution is -2.35. The van der Waals surface area contributed by atoms with Crippen molar-refractivity contribution in [2.24, 2.45) is 0 Å². The molecule has 1 amide bonds. The number of halogens is 1. The number of nitrogens with zero attached hydrogens (tertiary/aromatic N) is 2. The molecule has 0 aliphatic rings. The van der Waals surface area contributed by atoms with Crippen LogP contribution >= 0.6 is 0 Å². The van der Waals surface area contributed by atoms with Gasteiger partial charge in [-0.3, -0.25) is 14.9 Å². The number of benzene rings is 2. The first-order valence-electron chi connectivity index (χ1n) is 7.17. The molecule has 2 rings (SSSR count). The number of carbonyl (C=O) groups is 1. The maximum atomic E-state index is 13.3. The second-order valence-corrected chi connectivity index (χ2v) is 4.91. The SMILES string of the molecule is C=CCN(C(=O)CNc1ccc(F)c([N+](=O)[O-])c1)c1ccccc1. The Labute approximate surface area is 138 Å². The molecule has 24 heavy (non-hydrogen) atoms. The standard InChI is InChI=1S/C17H16FN3O3/c1-2-10-20(14-6-4-3-5-7-14)17(22)12-19-13-8-9-15(18)16(11-13)21(23)24/h2-9,11,19H,1,10,12H2. The van der Waals surface area contributed by atoms with Gasteiger partial charge in [0.25, 0.3) is 0 Å². The highest BCUT2D eigenvalue weighted by molar-refractivity contribution is 5.96. The normalized spacial score (nSPS) is 10.0. The van der Waals surface area contributed by atoms with Crippen LogP contribution in [0.25, 0.3) is 0 Å². The van der Waals surface area contributed by atoms with Crippen molar-refractivity contribution in [3.05, 3.63) is 77.1 Å². The summed E-state index contributed by atoms with van der Waals surface area (Å²) in [6, 6.07) is 12.5. The Morgan fingerprint density at radius 1 is 1.29 bits per heavy atom. The Morgan fingerprint density at radius 3 is 2.62 bits per heavy atom. The van der Waals surface area contributed by atoms with E-state index in [-0.39, 0.29) is 12.5 Å². The number of carbonyl (C=O) groups excluding carboxylic acids is 1. The van der Waals surface area contributed by atoms with Gasteiger partial charge in [0, 0.05) is 24.0 Å². The molecule has 2 aromatic rings. The molecule has 7 heteroatoms. The zero-order valence-electron chi connectivity index (χ0n) is 12.8. The van der Waals surface area contributed by atoms with E-state index in [2.05, 4.69) is 11.9 Å². The Morgan fingerprint density at radius 2 is 2.00 bits per heavy atom. The van der Waals surface area contributed by atoms with E-state index in [4.69, 9.17) is 0 Å². The van der Waals surface area contributed by atoms with Crippen LogP contribution < -0.4 is 10.2 Å². The monoisotopic (exact) mass is 329 g/mol. The van der Waals surface area contributed by atoms with Gasteiger partial charge in [-0.1, -0.05) is 24.3 Å². The molecule has 0 unspecified atom stereocenters. The van der Waals surface area contributed by atoms with Crippen LogP contribution in [0.2, 0.25) is 0 Å². The van der Waals surface area contributed by atoms with E-state index < -0.39 is 16.4 Å². The van der Waals surface area contributed by atoms with Gasteiger partial charge in [0.1, 0.15) is 0 Å². The summed E-state index contributed by atoms with van der Waals surface area (Å²) in [6.45, 7) is 3.87. The maximum Gasteiger partial charge on any atom is 0.306 e. The van der Waals surface area contributed by atoms with Crippen molar-refractivity contribution >= 4 is 23.0 Å². The summed E-state index contributed by atoms with van der Waals surface area (Å²) >= 11 is 0. The highest BCUT2D eigenvalue weighted by atomic mass is 19.1. The van der Waals surface area contributed by atoms with Crippen molar-refractivity contribution in [3.63, 3.8) is 0 Å². The van der Waals surface area contributed by atoms with Crippen LogP contribution in [-0.4, -0.2) is 23.9 Å². The number of hydrogen-bond donors (Lipinski definition) is 1. The molecule has 0 saturated heterocycles. The Balaban J connectivity index is 2.10. The molecule has 0 radical (unpaired) electrons. The molecule has 0 atom stereocenters. The first-order valence-corrected chi connectivity index (χ1v) is 7.17. The number of para-hydroxylation sites is 1. The zero-order valence-corrected chi connectivity index (χ0v) is 12.8. The van der Waals surface area contributed by atoms with Crippen LogP contribution in [0.4, 0.5) is 21.5 Å². The molecule has 124 valence electrons. The van der Waals surface area contributed by atoms with Crippen LogP contribution in [0.3, 0.4) is 0 Å². The number of anilines is 2. The summed E-state index contributed by atoms with van der Waals surface area (Å²) in [6.07, 6.45) is 1.60. The topological polar surface area (TPSA) is 75.5 Å². The minimum Gasteiger partial charge on any atom is -0.376 e. The third kappa shape index (κ3) is 4.16. The second kappa shape index (κ2) is 7.87. The van der Waals surface area contributed by atoms with E-state index >= 15 is 0 Å². The molecular weight excluding hydrogens is 313 g/mol. The summed E-state index contributed by atoms with van der Waals surface area (Å²) < 4.78 is 13.3. The van der Waals surface area contributed by atoms with Crippen molar-refractivity contribution in [2.75, 3.05) is 23.3 Å². The molecule has 0 fully saturated rings. The Bertz CT molecular complexity index is 750. The number of amides is 1. The highest BCUT2D eigenvalue weighted by Gasteiger charge is 2.16. The largest absolute Gasteiger partial charge is 0.376 e. The van der Waals surface area contributed by atoms with E-state index in [1.807, 2.05) is 18.2 Å². The van der Waals surface area contributed by atoms with Gasteiger partial charge in [-0.2, -0.15) is 4.39 Å². The van der Waals surface area contributed by atoms with Crippen LogP contribution in [0.5, 0.6) is 0 Å². The predicted octanol–water partition coefficient (Wildman–Crippen LogP) is 3.37. The summed E-state index contributed by atoms with van der Waals surface area (Å²) in [5.41, 5.74) is 0.371. The van der Waals surface area contributed by atoms with Crippen molar-refractivity contribution < 1.29 is 14.1 Å². The molecule has 0 aliphatic carbocycles.